The highest BCUT2D eigenvalue weighted by molar-refractivity contribution is 5.89. The Morgan fingerprint density at radius 1 is 1.45 bits per heavy atom. The fraction of sp³-hybridized carbons (Fsp3) is 0.643. The number of amides is 2. The highest BCUT2D eigenvalue weighted by atomic mass is 16.2. The third kappa shape index (κ3) is 2.84. The van der Waals surface area contributed by atoms with Crippen molar-refractivity contribution in [1.29, 1.82) is 0 Å². The summed E-state index contributed by atoms with van der Waals surface area (Å²) in [6.45, 7) is 4.59. The van der Waals surface area contributed by atoms with E-state index >= 15 is 0 Å². The van der Waals surface area contributed by atoms with Gasteiger partial charge in [0.25, 0.3) is 0 Å². The monoisotopic (exact) mass is 278 g/mol. The lowest BCUT2D eigenvalue weighted by Crippen LogP contribution is -2.38. The SMILES string of the molecule is CC(C)[C@H](NC(=O)[C@H]1CC(=O)N(C)C1)c1nccn1C. The number of likely N-dealkylation sites (tertiary alicyclic amines) is 1. The van der Waals surface area contributed by atoms with E-state index < -0.39 is 0 Å². The second-order valence-corrected chi connectivity index (χ2v) is 5.80. The Morgan fingerprint density at radius 2 is 2.15 bits per heavy atom. The van der Waals surface area contributed by atoms with E-state index in [2.05, 4.69) is 10.3 Å². The van der Waals surface area contributed by atoms with Crippen molar-refractivity contribution in [3.63, 3.8) is 0 Å². The standard InChI is InChI=1S/C14H22N4O2/c1-9(2)12(13-15-5-6-17(13)3)16-14(20)10-7-11(19)18(4)8-10/h5-6,9-10,12H,7-8H2,1-4H3,(H,16,20)/t10-,12-/m0/s1. The van der Waals surface area contributed by atoms with Crippen LogP contribution in [0.2, 0.25) is 0 Å². The molecule has 0 radical (unpaired) electrons. The van der Waals surface area contributed by atoms with Gasteiger partial charge in [-0.3, -0.25) is 9.59 Å². The molecule has 0 saturated carbocycles. The topological polar surface area (TPSA) is 67.2 Å². The highest BCUT2D eigenvalue weighted by Gasteiger charge is 2.34. The predicted molar refractivity (Wildman–Crippen MR) is 74.7 cm³/mol. The van der Waals surface area contributed by atoms with Crippen molar-refractivity contribution in [3.8, 4) is 0 Å². The Hall–Kier alpha value is -1.85. The van der Waals surface area contributed by atoms with Crippen LogP contribution in [0.25, 0.3) is 0 Å². The summed E-state index contributed by atoms with van der Waals surface area (Å²) in [5, 5.41) is 3.04. The zero-order valence-corrected chi connectivity index (χ0v) is 12.5. The molecule has 1 N–H and O–H groups in total. The van der Waals surface area contributed by atoms with Crippen molar-refractivity contribution < 1.29 is 9.59 Å². The van der Waals surface area contributed by atoms with Gasteiger partial charge in [0.15, 0.2) is 0 Å². The lowest BCUT2D eigenvalue weighted by Gasteiger charge is -2.23. The molecule has 1 aliphatic rings. The normalized spacial score (nSPS) is 20.6. The molecule has 2 amide bonds. The molecule has 1 aliphatic heterocycles. The van der Waals surface area contributed by atoms with E-state index in [1.165, 1.54) is 0 Å². The van der Waals surface area contributed by atoms with Crippen LogP contribution in [0, 0.1) is 11.8 Å². The van der Waals surface area contributed by atoms with Gasteiger partial charge >= 0.3 is 0 Å². The van der Waals surface area contributed by atoms with E-state index in [1.807, 2.05) is 31.7 Å². The molecular formula is C14H22N4O2. The zero-order chi connectivity index (χ0) is 14.9. The second kappa shape index (κ2) is 5.64. The minimum absolute atomic E-state index is 0.0308. The number of hydrogen-bond acceptors (Lipinski definition) is 3. The number of rotatable bonds is 4. The van der Waals surface area contributed by atoms with Crippen molar-refractivity contribution in [2.75, 3.05) is 13.6 Å². The Balaban J connectivity index is 2.08. The third-order valence-electron chi connectivity index (χ3n) is 3.81. The highest BCUT2D eigenvalue weighted by Crippen LogP contribution is 2.22. The Labute approximate surface area is 119 Å². The average molecular weight is 278 g/mol. The van der Waals surface area contributed by atoms with Crippen LogP contribution in [0.3, 0.4) is 0 Å². The maximum absolute atomic E-state index is 12.3. The quantitative estimate of drug-likeness (QED) is 0.882. The summed E-state index contributed by atoms with van der Waals surface area (Å²) in [6.07, 6.45) is 3.89. The molecule has 2 atom stereocenters. The van der Waals surface area contributed by atoms with Crippen LogP contribution < -0.4 is 5.32 Å². The van der Waals surface area contributed by atoms with E-state index in [9.17, 15) is 9.59 Å². The number of carbonyl (C=O) groups is 2. The number of nitrogens with one attached hydrogen (secondary N) is 1. The molecule has 1 saturated heterocycles. The van der Waals surface area contributed by atoms with Gasteiger partial charge in [-0.15, -0.1) is 0 Å². The van der Waals surface area contributed by atoms with E-state index in [1.54, 1.807) is 18.1 Å². The van der Waals surface area contributed by atoms with Crippen LogP contribution in [0.15, 0.2) is 12.4 Å². The smallest absolute Gasteiger partial charge is 0.226 e. The summed E-state index contributed by atoms with van der Waals surface area (Å²) in [7, 11) is 3.64. The molecule has 0 spiro atoms. The summed E-state index contributed by atoms with van der Waals surface area (Å²) < 4.78 is 1.91. The van der Waals surface area contributed by atoms with Crippen LogP contribution in [-0.2, 0) is 16.6 Å². The Kier molecular flexibility index (Phi) is 4.11. The van der Waals surface area contributed by atoms with Crippen molar-refractivity contribution >= 4 is 11.8 Å². The van der Waals surface area contributed by atoms with Gasteiger partial charge in [0, 0.05) is 39.5 Å². The van der Waals surface area contributed by atoms with E-state index in [-0.39, 0.29) is 29.7 Å². The van der Waals surface area contributed by atoms with Crippen LogP contribution >= 0.6 is 0 Å². The Bertz CT molecular complexity index is 509. The molecule has 0 unspecified atom stereocenters. The number of nitrogens with zero attached hydrogens (tertiary/aromatic N) is 3. The molecule has 2 heterocycles. The molecule has 1 aromatic heterocycles. The maximum atomic E-state index is 12.3. The van der Waals surface area contributed by atoms with Gasteiger partial charge in [-0.25, -0.2) is 4.98 Å². The molecule has 2 rings (SSSR count). The van der Waals surface area contributed by atoms with Crippen LogP contribution in [0.5, 0.6) is 0 Å². The van der Waals surface area contributed by atoms with Crippen molar-refractivity contribution in [2.45, 2.75) is 26.3 Å². The van der Waals surface area contributed by atoms with Gasteiger partial charge in [-0.2, -0.15) is 0 Å². The van der Waals surface area contributed by atoms with Crippen molar-refractivity contribution in [1.82, 2.24) is 19.8 Å². The first kappa shape index (κ1) is 14.6. The molecule has 20 heavy (non-hydrogen) atoms. The minimum atomic E-state index is -0.256. The van der Waals surface area contributed by atoms with Crippen molar-refractivity contribution in [2.24, 2.45) is 18.9 Å². The number of imidazole rings is 1. The van der Waals surface area contributed by atoms with Crippen molar-refractivity contribution in [3.05, 3.63) is 18.2 Å². The molecule has 0 bridgehead atoms. The fourth-order valence-corrected chi connectivity index (χ4v) is 2.52. The van der Waals surface area contributed by atoms with Gasteiger partial charge in [0.2, 0.25) is 11.8 Å². The molecule has 1 fully saturated rings. The van der Waals surface area contributed by atoms with Gasteiger partial charge in [-0.05, 0) is 5.92 Å². The zero-order valence-electron chi connectivity index (χ0n) is 12.5. The molecule has 110 valence electrons. The number of carbonyl (C=O) groups excluding carboxylic acids is 2. The first-order chi connectivity index (χ1) is 9.40. The van der Waals surface area contributed by atoms with Crippen LogP contribution in [0.4, 0.5) is 0 Å². The van der Waals surface area contributed by atoms with E-state index in [0.29, 0.717) is 13.0 Å². The largest absolute Gasteiger partial charge is 0.346 e. The number of aromatic nitrogens is 2. The third-order valence-corrected chi connectivity index (χ3v) is 3.81. The Morgan fingerprint density at radius 3 is 2.60 bits per heavy atom. The van der Waals surface area contributed by atoms with Gasteiger partial charge in [-0.1, -0.05) is 13.8 Å². The summed E-state index contributed by atoms with van der Waals surface area (Å²) >= 11 is 0. The van der Waals surface area contributed by atoms with Gasteiger partial charge in [0.1, 0.15) is 5.82 Å². The van der Waals surface area contributed by atoms with Crippen LogP contribution in [0.1, 0.15) is 32.1 Å². The maximum Gasteiger partial charge on any atom is 0.226 e. The summed E-state index contributed by atoms with van der Waals surface area (Å²) in [6, 6.07) is -0.136. The molecular weight excluding hydrogens is 256 g/mol. The molecule has 6 nitrogen and oxygen atoms in total. The predicted octanol–water partition coefficient (Wildman–Crippen LogP) is 0.712. The molecule has 6 heteroatoms. The molecule has 0 aliphatic carbocycles. The molecule has 1 aromatic rings. The van der Waals surface area contributed by atoms with E-state index in [0.717, 1.165) is 5.82 Å². The number of aryl methyl sites for hydroxylation is 1. The van der Waals surface area contributed by atoms with E-state index in [4.69, 9.17) is 0 Å². The fourth-order valence-electron chi connectivity index (χ4n) is 2.52. The lowest BCUT2D eigenvalue weighted by atomic mass is 10.0. The molecule has 0 aromatic carbocycles. The summed E-state index contributed by atoms with van der Waals surface area (Å²) in [5.41, 5.74) is 0. The summed E-state index contributed by atoms with van der Waals surface area (Å²) in [5.74, 6) is 0.780. The summed E-state index contributed by atoms with van der Waals surface area (Å²) in [4.78, 5) is 29.8. The first-order valence-electron chi connectivity index (χ1n) is 6.91. The average Bonchev–Trinajstić information content (AvgIpc) is 2.93. The second-order valence-electron chi connectivity index (χ2n) is 5.80. The minimum Gasteiger partial charge on any atom is -0.346 e. The van der Waals surface area contributed by atoms with Crippen LogP contribution in [-0.4, -0.2) is 39.9 Å². The number of hydrogen-bond donors (Lipinski definition) is 1. The van der Waals surface area contributed by atoms with Gasteiger partial charge in [0.05, 0.1) is 12.0 Å². The lowest BCUT2D eigenvalue weighted by molar-refractivity contribution is -0.128. The first-order valence-corrected chi connectivity index (χ1v) is 6.91. The van der Waals surface area contributed by atoms with Gasteiger partial charge < -0.3 is 14.8 Å².